The van der Waals surface area contributed by atoms with Crippen molar-refractivity contribution in [2.24, 2.45) is 0 Å². The monoisotopic (exact) mass is 366 g/mol. The Morgan fingerprint density at radius 2 is 2.12 bits per heavy atom. The first-order valence-corrected chi connectivity index (χ1v) is 9.98. The van der Waals surface area contributed by atoms with E-state index in [0.717, 1.165) is 22.4 Å². The molecule has 0 saturated carbocycles. The molecule has 0 spiro atoms. The molecule has 2 aromatic rings. The maximum Gasteiger partial charge on any atom is 0.233 e. The van der Waals surface area contributed by atoms with Crippen LogP contribution in [0.3, 0.4) is 0 Å². The number of amides is 1. The van der Waals surface area contributed by atoms with Crippen LogP contribution >= 0.6 is 23.1 Å². The first-order chi connectivity index (χ1) is 11.6. The lowest BCUT2D eigenvalue weighted by Gasteiger charge is -2.35. The van der Waals surface area contributed by atoms with Crippen molar-refractivity contribution in [2.45, 2.75) is 44.7 Å². The molecule has 130 valence electrons. The summed E-state index contributed by atoms with van der Waals surface area (Å²) in [6, 6.07) is 4.04. The molecule has 1 aliphatic rings. The Hall–Kier alpha value is -1.38. The molecule has 1 aliphatic heterocycles. The van der Waals surface area contributed by atoms with Gasteiger partial charge in [0.05, 0.1) is 22.8 Å². The van der Waals surface area contributed by atoms with Crippen molar-refractivity contribution in [3.8, 4) is 10.7 Å². The van der Waals surface area contributed by atoms with E-state index in [-0.39, 0.29) is 18.1 Å². The van der Waals surface area contributed by atoms with Gasteiger partial charge in [0.1, 0.15) is 0 Å². The van der Waals surface area contributed by atoms with Gasteiger partial charge in [0, 0.05) is 19.6 Å². The van der Waals surface area contributed by atoms with E-state index >= 15 is 0 Å². The summed E-state index contributed by atoms with van der Waals surface area (Å²) in [5.74, 6) is 1.38. The van der Waals surface area contributed by atoms with Crippen LogP contribution in [-0.2, 0) is 16.1 Å². The van der Waals surface area contributed by atoms with Crippen LogP contribution in [0.5, 0.6) is 0 Å². The van der Waals surface area contributed by atoms with Gasteiger partial charge in [-0.3, -0.25) is 4.79 Å². The Morgan fingerprint density at radius 3 is 2.75 bits per heavy atom. The Balaban J connectivity index is 1.65. The van der Waals surface area contributed by atoms with Crippen molar-refractivity contribution in [1.82, 2.24) is 19.7 Å². The summed E-state index contributed by atoms with van der Waals surface area (Å²) >= 11 is 3.10. The number of nitrogens with zero attached hydrogens (tertiary/aromatic N) is 4. The number of carbonyl (C=O) groups is 1. The lowest BCUT2D eigenvalue weighted by Crippen LogP contribution is -2.48. The third-order valence-corrected chi connectivity index (χ3v) is 5.69. The Labute approximate surface area is 150 Å². The summed E-state index contributed by atoms with van der Waals surface area (Å²) in [4.78, 5) is 15.5. The average Bonchev–Trinajstić information content (AvgIpc) is 3.20. The molecule has 1 saturated heterocycles. The second kappa shape index (κ2) is 7.67. The molecule has 2 aromatic heterocycles. The first kappa shape index (κ1) is 17.4. The van der Waals surface area contributed by atoms with E-state index in [1.54, 1.807) is 11.3 Å². The van der Waals surface area contributed by atoms with Crippen LogP contribution in [0.25, 0.3) is 10.7 Å². The molecule has 1 amide bonds. The van der Waals surface area contributed by atoms with Crippen LogP contribution in [0.1, 0.15) is 20.8 Å². The number of thiophene rings is 1. The van der Waals surface area contributed by atoms with Crippen LogP contribution in [0.15, 0.2) is 22.7 Å². The van der Waals surface area contributed by atoms with E-state index in [1.807, 2.05) is 36.3 Å². The van der Waals surface area contributed by atoms with Gasteiger partial charge in [0.2, 0.25) is 5.91 Å². The number of morpholine rings is 1. The maximum absolute atomic E-state index is 12.5. The zero-order valence-corrected chi connectivity index (χ0v) is 15.8. The van der Waals surface area contributed by atoms with Crippen molar-refractivity contribution in [2.75, 3.05) is 18.8 Å². The molecular weight excluding hydrogens is 344 g/mol. The second-order valence-electron chi connectivity index (χ2n) is 5.87. The summed E-state index contributed by atoms with van der Waals surface area (Å²) in [6.07, 6.45) is 0.180. The first-order valence-electron chi connectivity index (χ1n) is 8.11. The summed E-state index contributed by atoms with van der Waals surface area (Å²) in [5, 5.41) is 11.4. The predicted octanol–water partition coefficient (Wildman–Crippen LogP) is 2.75. The van der Waals surface area contributed by atoms with Crippen molar-refractivity contribution in [3.63, 3.8) is 0 Å². The van der Waals surface area contributed by atoms with Gasteiger partial charge in [0.25, 0.3) is 0 Å². The van der Waals surface area contributed by atoms with E-state index < -0.39 is 0 Å². The minimum atomic E-state index is 0.0902. The van der Waals surface area contributed by atoms with Crippen LogP contribution in [-0.4, -0.2) is 56.6 Å². The quantitative estimate of drug-likeness (QED) is 0.762. The molecule has 8 heteroatoms. The molecule has 2 atom stereocenters. The molecule has 2 unspecified atom stereocenters. The molecule has 0 radical (unpaired) electrons. The summed E-state index contributed by atoms with van der Waals surface area (Å²) in [6.45, 7) is 8.17. The highest BCUT2D eigenvalue weighted by atomic mass is 32.2. The van der Waals surface area contributed by atoms with Crippen molar-refractivity contribution in [1.29, 1.82) is 0 Å². The fourth-order valence-corrected chi connectivity index (χ4v) is 4.49. The van der Waals surface area contributed by atoms with Crippen LogP contribution in [0.2, 0.25) is 0 Å². The van der Waals surface area contributed by atoms with Gasteiger partial charge in [-0.2, -0.15) is 0 Å². The Bertz CT molecular complexity index is 676. The van der Waals surface area contributed by atoms with E-state index in [4.69, 9.17) is 4.74 Å². The summed E-state index contributed by atoms with van der Waals surface area (Å²) in [5.41, 5.74) is 0. The number of thioether (sulfide) groups is 1. The third kappa shape index (κ3) is 3.81. The number of rotatable bonds is 5. The van der Waals surface area contributed by atoms with E-state index in [0.29, 0.717) is 18.8 Å². The fraction of sp³-hybridized carbons (Fsp3) is 0.562. The molecule has 3 rings (SSSR count). The van der Waals surface area contributed by atoms with Gasteiger partial charge in [-0.25, -0.2) is 0 Å². The number of aromatic nitrogens is 3. The standard InChI is InChI=1S/C16H22N4O2S2/c1-4-20-15(13-6-5-7-23-13)17-18-16(20)24-10-14(21)19-8-11(2)22-12(3)9-19/h5-7,11-12H,4,8-10H2,1-3H3. The van der Waals surface area contributed by atoms with Crippen LogP contribution in [0.4, 0.5) is 0 Å². The maximum atomic E-state index is 12.5. The van der Waals surface area contributed by atoms with Crippen LogP contribution in [0, 0.1) is 0 Å². The van der Waals surface area contributed by atoms with E-state index in [2.05, 4.69) is 21.7 Å². The molecule has 0 aromatic carbocycles. The largest absolute Gasteiger partial charge is 0.372 e. The van der Waals surface area contributed by atoms with Crippen molar-refractivity contribution < 1.29 is 9.53 Å². The zero-order valence-electron chi connectivity index (χ0n) is 14.1. The summed E-state index contributed by atoms with van der Waals surface area (Å²) < 4.78 is 7.75. The van der Waals surface area contributed by atoms with Crippen molar-refractivity contribution in [3.05, 3.63) is 17.5 Å². The lowest BCUT2D eigenvalue weighted by molar-refractivity contribution is -0.140. The SMILES string of the molecule is CCn1c(SCC(=O)N2CC(C)OC(C)C2)nnc1-c1cccs1. The smallest absolute Gasteiger partial charge is 0.233 e. The second-order valence-corrected chi connectivity index (χ2v) is 7.76. The van der Waals surface area contributed by atoms with Gasteiger partial charge in [-0.15, -0.1) is 21.5 Å². The minimum Gasteiger partial charge on any atom is -0.372 e. The van der Waals surface area contributed by atoms with Gasteiger partial charge in [-0.1, -0.05) is 17.8 Å². The highest BCUT2D eigenvalue weighted by Crippen LogP contribution is 2.27. The Kier molecular flexibility index (Phi) is 5.57. The summed E-state index contributed by atoms with van der Waals surface area (Å²) in [7, 11) is 0. The lowest BCUT2D eigenvalue weighted by atomic mass is 10.2. The van der Waals surface area contributed by atoms with Gasteiger partial charge in [-0.05, 0) is 32.2 Å². The molecular formula is C16H22N4O2S2. The Morgan fingerprint density at radius 1 is 1.38 bits per heavy atom. The van der Waals surface area contributed by atoms with Crippen molar-refractivity contribution >= 4 is 29.0 Å². The van der Waals surface area contributed by atoms with Gasteiger partial charge < -0.3 is 14.2 Å². The molecule has 24 heavy (non-hydrogen) atoms. The molecule has 3 heterocycles. The molecule has 1 fully saturated rings. The predicted molar refractivity (Wildman–Crippen MR) is 96.3 cm³/mol. The minimum absolute atomic E-state index is 0.0902. The van der Waals surface area contributed by atoms with E-state index in [9.17, 15) is 4.79 Å². The van der Waals surface area contributed by atoms with Crippen LogP contribution < -0.4 is 0 Å². The van der Waals surface area contributed by atoms with E-state index in [1.165, 1.54) is 11.8 Å². The number of ether oxygens (including phenoxy) is 1. The normalized spacial score (nSPS) is 21.2. The third-order valence-electron chi connectivity index (χ3n) is 3.87. The molecule has 6 nitrogen and oxygen atoms in total. The van der Waals surface area contributed by atoms with Gasteiger partial charge >= 0.3 is 0 Å². The number of carbonyl (C=O) groups excluding carboxylic acids is 1. The van der Waals surface area contributed by atoms with Gasteiger partial charge in [0.15, 0.2) is 11.0 Å². The molecule has 0 N–H and O–H groups in total. The molecule has 0 bridgehead atoms. The highest BCUT2D eigenvalue weighted by molar-refractivity contribution is 7.99. The zero-order chi connectivity index (χ0) is 17.1. The molecule has 0 aliphatic carbocycles. The fourth-order valence-electron chi connectivity index (χ4n) is 2.87. The average molecular weight is 367 g/mol. The topological polar surface area (TPSA) is 60.2 Å². The number of hydrogen-bond acceptors (Lipinski definition) is 6. The highest BCUT2D eigenvalue weighted by Gasteiger charge is 2.26. The number of hydrogen-bond donors (Lipinski definition) is 0.